The number of anilines is 1. The Hall–Kier alpha value is -2.41. The van der Waals surface area contributed by atoms with Gasteiger partial charge in [-0.3, -0.25) is 14.1 Å². The van der Waals surface area contributed by atoms with Gasteiger partial charge in [-0.15, -0.1) is 0 Å². The van der Waals surface area contributed by atoms with Crippen molar-refractivity contribution in [1.82, 2.24) is 10.3 Å². The van der Waals surface area contributed by atoms with Gasteiger partial charge < -0.3 is 5.32 Å². The summed E-state index contributed by atoms with van der Waals surface area (Å²) in [6.45, 7) is 4.62. The zero-order chi connectivity index (χ0) is 19.2. The van der Waals surface area contributed by atoms with E-state index in [-0.39, 0.29) is 18.9 Å². The molecule has 0 spiro atoms. The minimum Gasteiger partial charge on any atom is -0.352 e. The van der Waals surface area contributed by atoms with E-state index in [2.05, 4.69) is 24.1 Å². The Balaban J connectivity index is 1.99. The summed E-state index contributed by atoms with van der Waals surface area (Å²) in [6, 6.07) is 11.1. The van der Waals surface area contributed by atoms with Crippen LogP contribution in [0, 0.1) is 0 Å². The number of aromatic nitrogens is 1. The summed E-state index contributed by atoms with van der Waals surface area (Å²) >= 11 is 0. The number of carbonyl (C=O) groups is 1. The average molecular weight is 375 g/mol. The van der Waals surface area contributed by atoms with Gasteiger partial charge in [0.15, 0.2) is 0 Å². The maximum Gasteiger partial charge on any atom is 0.232 e. The zero-order valence-corrected chi connectivity index (χ0v) is 16.2. The number of carbonyl (C=O) groups excluding carboxylic acids is 1. The second-order valence-electron chi connectivity index (χ2n) is 6.47. The summed E-state index contributed by atoms with van der Waals surface area (Å²) in [5, 5.41) is 2.78. The molecule has 7 heteroatoms. The Bertz CT molecular complexity index is 819. The van der Waals surface area contributed by atoms with Crippen LogP contribution < -0.4 is 9.62 Å². The number of hydrogen-bond acceptors (Lipinski definition) is 4. The lowest BCUT2D eigenvalue weighted by Crippen LogP contribution is -2.34. The number of benzene rings is 1. The van der Waals surface area contributed by atoms with Crippen LogP contribution in [0.3, 0.4) is 0 Å². The summed E-state index contributed by atoms with van der Waals surface area (Å²) in [5.41, 5.74) is 2.60. The molecule has 0 fully saturated rings. The molecule has 0 saturated carbocycles. The highest BCUT2D eigenvalue weighted by Crippen LogP contribution is 2.22. The maximum atomic E-state index is 12.1. The van der Waals surface area contributed by atoms with Gasteiger partial charge in [0, 0.05) is 31.9 Å². The van der Waals surface area contributed by atoms with E-state index in [9.17, 15) is 13.2 Å². The van der Waals surface area contributed by atoms with E-state index >= 15 is 0 Å². The van der Waals surface area contributed by atoms with Gasteiger partial charge in [-0.2, -0.15) is 0 Å². The van der Waals surface area contributed by atoms with E-state index in [4.69, 9.17) is 0 Å². The lowest BCUT2D eigenvalue weighted by Gasteiger charge is -2.22. The molecule has 2 rings (SSSR count). The number of nitrogens with zero attached hydrogens (tertiary/aromatic N) is 2. The van der Waals surface area contributed by atoms with Gasteiger partial charge in [-0.1, -0.05) is 32.0 Å². The first-order chi connectivity index (χ1) is 12.3. The molecule has 0 saturated heterocycles. The van der Waals surface area contributed by atoms with Crippen LogP contribution in [0.15, 0.2) is 48.8 Å². The quantitative estimate of drug-likeness (QED) is 0.769. The number of hydrogen-bond donors (Lipinski definition) is 1. The van der Waals surface area contributed by atoms with Crippen LogP contribution in [-0.2, 0) is 21.4 Å². The van der Waals surface area contributed by atoms with E-state index < -0.39 is 10.0 Å². The smallest absolute Gasteiger partial charge is 0.232 e. The molecule has 1 heterocycles. The fourth-order valence-corrected chi connectivity index (χ4v) is 3.43. The van der Waals surface area contributed by atoms with Gasteiger partial charge in [-0.25, -0.2) is 8.42 Å². The van der Waals surface area contributed by atoms with Gasteiger partial charge in [0.2, 0.25) is 15.9 Å². The third-order valence-corrected chi connectivity index (χ3v) is 5.20. The molecule has 1 aromatic heterocycles. The highest BCUT2D eigenvalue weighted by Gasteiger charge is 2.18. The molecule has 0 atom stereocenters. The van der Waals surface area contributed by atoms with E-state index in [1.54, 1.807) is 30.6 Å². The van der Waals surface area contributed by atoms with Crippen LogP contribution in [0.4, 0.5) is 5.69 Å². The number of rotatable bonds is 8. The number of amides is 1. The fraction of sp³-hybridized carbons (Fsp3) is 0.368. The molecule has 0 aliphatic carbocycles. The van der Waals surface area contributed by atoms with Crippen LogP contribution in [0.25, 0.3) is 0 Å². The van der Waals surface area contributed by atoms with E-state index in [1.807, 2.05) is 18.2 Å². The van der Waals surface area contributed by atoms with Crippen LogP contribution in [-0.4, -0.2) is 32.1 Å². The first-order valence-corrected chi connectivity index (χ1v) is 10.4. The van der Waals surface area contributed by atoms with Crippen LogP contribution >= 0.6 is 0 Å². The Kier molecular flexibility index (Phi) is 6.74. The monoisotopic (exact) mass is 375 g/mol. The van der Waals surface area contributed by atoms with E-state index in [0.717, 1.165) is 17.4 Å². The highest BCUT2D eigenvalue weighted by atomic mass is 32.2. The number of pyridine rings is 1. The van der Waals surface area contributed by atoms with Gasteiger partial charge >= 0.3 is 0 Å². The molecule has 0 bridgehead atoms. The van der Waals surface area contributed by atoms with Gasteiger partial charge in [0.25, 0.3) is 0 Å². The highest BCUT2D eigenvalue weighted by molar-refractivity contribution is 7.92. The van der Waals surface area contributed by atoms with Crippen molar-refractivity contribution in [2.75, 3.05) is 17.1 Å². The van der Waals surface area contributed by atoms with Crippen molar-refractivity contribution in [1.29, 1.82) is 0 Å². The zero-order valence-electron chi connectivity index (χ0n) is 15.3. The van der Waals surface area contributed by atoms with Gasteiger partial charge in [0.1, 0.15) is 0 Å². The molecular weight excluding hydrogens is 350 g/mol. The number of sulfonamides is 1. The molecule has 1 aromatic carbocycles. The van der Waals surface area contributed by atoms with Crippen molar-refractivity contribution in [3.8, 4) is 0 Å². The van der Waals surface area contributed by atoms with Gasteiger partial charge in [-0.05, 0) is 35.2 Å². The Labute approximate surface area is 155 Å². The lowest BCUT2D eigenvalue weighted by molar-refractivity contribution is -0.121. The second kappa shape index (κ2) is 8.80. The molecule has 6 nitrogen and oxygen atoms in total. The standard InChI is InChI=1S/C19H25N3O3S/c1-15(2)17-6-8-18(9-7-17)22(26(3,24)25)12-10-19(23)21-14-16-5-4-11-20-13-16/h4-9,11,13,15H,10,12,14H2,1-3H3,(H,21,23). The van der Waals surface area contributed by atoms with Crippen molar-refractivity contribution in [3.05, 3.63) is 59.9 Å². The average Bonchev–Trinajstić information content (AvgIpc) is 2.60. The lowest BCUT2D eigenvalue weighted by atomic mass is 10.0. The first-order valence-electron chi connectivity index (χ1n) is 8.50. The normalized spacial score (nSPS) is 11.4. The molecule has 26 heavy (non-hydrogen) atoms. The summed E-state index contributed by atoms with van der Waals surface area (Å²) in [7, 11) is -3.47. The predicted octanol–water partition coefficient (Wildman–Crippen LogP) is 2.68. The molecule has 1 amide bonds. The van der Waals surface area contributed by atoms with Gasteiger partial charge in [0.05, 0.1) is 11.9 Å². The molecule has 0 aliphatic rings. The predicted molar refractivity (Wildman–Crippen MR) is 103 cm³/mol. The summed E-state index contributed by atoms with van der Waals surface area (Å²) < 4.78 is 25.5. The van der Waals surface area contributed by atoms with Crippen molar-refractivity contribution in [2.24, 2.45) is 0 Å². The van der Waals surface area contributed by atoms with Crippen molar-refractivity contribution < 1.29 is 13.2 Å². The molecule has 0 aliphatic heterocycles. The van der Waals surface area contributed by atoms with Crippen molar-refractivity contribution in [2.45, 2.75) is 32.7 Å². The third-order valence-electron chi connectivity index (χ3n) is 4.00. The minimum atomic E-state index is -3.47. The summed E-state index contributed by atoms with van der Waals surface area (Å²) in [5.74, 6) is 0.162. The molecule has 2 aromatic rings. The molecule has 140 valence electrons. The third kappa shape index (κ3) is 5.84. The molecule has 1 N–H and O–H groups in total. The second-order valence-corrected chi connectivity index (χ2v) is 8.38. The van der Waals surface area contributed by atoms with Crippen LogP contribution in [0.1, 0.15) is 37.3 Å². The van der Waals surface area contributed by atoms with Crippen LogP contribution in [0.5, 0.6) is 0 Å². The Morgan fingerprint density at radius 1 is 1.19 bits per heavy atom. The largest absolute Gasteiger partial charge is 0.352 e. The molecule has 0 radical (unpaired) electrons. The van der Waals surface area contributed by atoms with E-state index in [0.29, 0.717) is 18.2 Å². The summed E-state index contributed by atoms with van der Waals surface area (Å²) in [4.78, 5) is 16.1. The van der Waals surface area contributed by atoms with E-state index in [1.165, 1.54) is 4.31 Å². The van der Waals surface area contributed by atoms with Crippen molar-refractivity contribution >= 4 is 21.6 Å². The first kappa shape index (κ1) is 19.9. The topological polar surface area (TPSA) is 79.4 Å². The molecule has 0 unspecified atom stereocenters. The summed E-state index contributed by atoms with van der Waals surface area (Å²) in [6.07, 6.45) is 4.58. The van der Waals surface area contributed by atoms with Crippen molar-refractivity contribution in [3.63, 3.8) is 0 Å². The van der Waals surface area contributed by atoms with Crippen LogP contribution in [0.2, 0.25) is 0 Å². The Morgan fingerprint density at radius 2 is 1.88 bits per heavy atom. The number of nitrogens with one attached hydrogen (secondary N) is 1. The minimum absolute atomic E-state index is 0.0826. The fourth-order valence-electron chi connectivity index (χ4n) is 2.51. The Morgan fingerprint density at radius 3 is 2.42 bits per heavy atom. The SMILES string of the molecule is CC(C)c1ccc(N(CCC(=O)NCc2cccnc2)S(C)(=O)=O)cc1. The molecular formula is C19H25N3O3S. The maximum absolute atomic E-state index is 12.1.